The highest BCUT2D eigenvalue weighted by Gasteiger charge is 2.20. The van der Waals surface area contributed by atoms with Crippen LogP contribution in [0, 0.1) is 5.92 Å². The Bertz CT molecular complexity index is 75.5. The van der Waals surface area contributed by atoms with Crippen LogP contribution in [-0.2, 0) is 0 Å². The van der Waals surface area contributed by atoms with E-state index >= 15 is 0 Å². The Morgan fingerprint density at radius 2 is 1.89 bits per heavy atom. The second kappa shape index (κ2) is 3.77. The molecule has 0 bridgehead atoms. The average molecular weight is 137 g/mol. The number of alkyl halides is 2. The summed E-state index contributed by atoms with van der Waals surface area (Å²) in [4.78, 5) is 0. The molecule has 1 unspecified atom stereocenters. The number of halogens is 2. The van der Waals surface area contributed by atoms with Crippen molar-refractivity contribution in [1.29, 1.82) is 0 Å². The van der Waals surface area contributed by atoms with Gasteiger partial charge in [-0.25, -0.2) is 8.78 Å². The molecule has 0 fully saturated rings. The van der Waals surface area contributed by atoms with Gasteiger partial charge in [-0.15, -0.1) is 0 Å². The van der Waals surface area contributed by atoms with Crippen LogP contribution in [0.1, 0.15) is 20.3 Å². The van der Waals surface area contributed by atoms with Crippen LogP contribution >= 0.6 is 0 Å². The summed E-state index contributed by atoms with van der Waals surface area (Å²) in [5.74, 6) is -0.0787. The van der Waals surface area contributed by atoms with Gasteiger partial charge in [0.25, 0.3) is 6.43 Å². The summed E-state index contributed by atoms with van der Waals surface area (Å²) >= 11 is 0. The molecule has 0 rings (SSSR count). The largest absolute Gasteiger partial charge is 0.323 e. The minimum absolute atomic E-state index is 0.0787. The highest BCUT2D eigenvalue weighted by molar-refractivity contribution is 4.69. The molecule has 0 heterocycles. The molecule has 2 atom stereocenters. The summed E-state index contributed by atoms with van der Waals surface area (Å²) in [5, 5.41) is 0. The van der Waals surface area contributed by atoms with Crippen LogP contribution in [0.25, 0.3) is 0 Å². The van der Waals surface area contributed by atoms with Crippen LogP contribution in [0.2, 0.25) is 0 Å². The molecule has 0 saturated carbocycles. The molecule has 0 saturated heterocycles. The Labute approximate surface area is 54.2 Å². The van der Waals surface area contributed by atoms with Gasteiger partial charge in [-0.05, 0) is 5.92 Å². The van der Waals surface area contributed by atoms with Gasteiger partial charge in [-0.3, -0.25) is 0 Å². The van der Waals surface area contributed by atoms with Gasteiger partial charge in [0, 0.05) is 0 Å². The van der Waals surface area contributed by atoms with E-state index in [2.05, 4.69) is 0 Å². The van der Waals surface area contributed by atoms with Crippen molar-refractivity contribution in [3.8, 4) is 0 Å². The molecule has 0 aromatic heterocycles. The zero-order valence-corrected chi connectivity index (χ0v) is 5.77. The molecule has 0 spiro atoms. The molecule has 0 aliphatic heterocycles. The van der Waals surface area contributed by atoms with E-state index in [1.54, 1.807) is 6.92 Å². The molecular weight excluding hydrogens is 124 g/mol. The minimum Gasteiger partial charge on any atom is -0.323 e. The Hall–Kier alpha value is -0.180. The first kappa shape index (κ1) is 8.82. The highest BCUT2D eigenvalue weighted by Crippen LogP contribution is 2.11. The van der Waals surface area contributed by atoms with E-state index in [9.17, 15) is 8.78 Å². The van der Waals surface area contributed by atoms with Crippen LogP contribution in [0.4, 0.5) is 8.78 Å². The first-order valence-corrected chi connectivity index (χ1v) is 3.13. The summed E-state index contributed by atoms with van der Waals surface area (Å²) < 4.78 is 23.5. The van der Waals surface area contributed by atoms with Crippen molar-refractivity contribution >= 4 is 0 Å². The third-order valence-corrected chi connectivity index (χ3v) is 1.59. The molecule has 0 aliphatic rings. The van der Waals surface area contributed by atoms with Crippen LogP contribution in [0.15, 0.2) is 0 Å². The first-order chi connectivity index (χ1) is 4.09. The second-order valence-corrected chi connectivity index (χ2v) is 2.30. The Balaban J connectivity index is 3.58. The van der Waals surface area contributed by atoms with Gasteiger partial charge in [0.2, 0.25) is 0 Å². The van der Waals surface area contributed by atoms with Crippen LogP contribution in [-0.4, -0.2) is 12.5 Å². The van der Waals surface area contributed by atoms with E-state index in [4.69, 9.17) is 5.73 Å². The van der Waals surface area contributed by atoms with Gasteiger partial charge >= 0.3 is 0 Å². The van der Waals surface area contributed by atoms with E-state index in [1.165, 1.54) is 0 Å². The van der Waals surface area contributed by atoms with E-state index in [-0.39, 0.29) is 5.92 Å². The number of nitrogens with two attached hydrogens (primary N) is 1. The molecule has 9 heavy (non-hydrogen) atoms. The fourth-order valence-corrected chi connectivity index (χ4v) is 0.521. The maximum absolute atomic E-state index is 11.7. The SMILES string of the molecule is CCC(C)[C@@H](N)C(F)F. The smallest absolute Gasteiger partial charge is 0.253 e. The number of hydrogen-bond donors (Lipinski definition) is 1. The van der Waals surface area contributed by atoms with Crippen molar-refractivity contribution in [2.45, 2.75) is 32.7 Å². The van der Waals surface area contributed by atoms with Crippen LogP contribution in [0.3, 0.4) is 0 Å². The summed E-state index contributed by atoms with van der Waals surface area (Å²) in [7, 11) is 0. The highest BCUT2D eigenvalue weighted by atomic mass is 19.3. The molecule has 3 heteroatoms. The van der Waals surface area contributed by atoms with Crippen molar-refractivity contribution in [3.05, 3.63) is 0 Å². The van der Waals surface area contributed by atoms with E-state index < -0.39 is 12.5 Å². The lowest BCUT2D eigenvalue weighted by Gasteiger charge is -2.16. The summed E-state index contributed by atoms with van der Waals surface area (Å²) in [6, 6.07) is -0.949. The molecule has 2 N–H and O–H groups in total. The molecule has 0 amide bonds. The summed E-state index contributed by atoms with van der Waals surface area (Å²) in [5.41, 5.74) is 5.12. The van der Waals surface area contributed by atoms with Crippen molar-refractivity contribution in [3.63, 3.8) is 0 Å². The normalized spacial score (nSPS) is 18.0. The fraction of sp³-hybridized carbons (Fsp3) is 1.00. The van der Waals surface area contributed by atoms with Gasteiger partial charge in [-0.1, -0.05) is 20.3 Å². The van der Waals surface area contributed by atoms with Gasteiger partial charge < -0.3 is 5.73 Å². The predicted molar refractivity (Wildman–Crippen MR) is 33.4 cm³/mol. The lowest BCUT2D eigenvalue weighted by molar-refractivity contribution is 0.0914. The lowest BCUT2D eigenvalue weighted by atomic mass is 10.0. The van der Waals surface area contributed by atoms with Crippen molar-refractivity contribution < 1.29 is 8.78 Å². The molecule has 0 aromatic rings. The van der Waals surface area contributed by atoms with Gasteiger partial charge in [0.1, 0.15) is 0 Å². The Kier molecular flexibility index (Phi) is 3.70. The van der Waals surface area contributed by atoms with Gasteiger partial charge in [0.15, 0.2) is 0 Å². The van der Waals surface area contributed by atoms with Crippen LogP contribution in [0.5, 0.6) is 0 Å². The maximum Gasteiger partial charge on any atom is 0.253 e. The standard InChI is InChI=1S/C6H13F2N/c1-3-4(2)5(9)6(7)8/h4-6H,3,9H2,1-2H3/t4?,5-/m1/s1. The number of hydrogen-bond acceptors (Lipinski definition) is 1. The summed E-state index contributed by atoms with van der Waals surface area (Å²) in [6.45, 7) is 3.59. The van der Waals surface area contributed by atoms with Crippen molar-refractivity contribution in [1.82, 2.24) is 0 Å². The van der Waals surface area contributed by atoms with Crippen molar-refractivity contribution in [2.24, 2.45) is 11.7 Å². The lowest BCUT2D eigenvalue weighted by Crippen LogP contribution is -2.35. The topological polar surface area (TPSA) is 26.0 Å². The van der Waals surface area contributed by atoms with E-state index in [1.807, 2.05) is 6.92 Å². The fourth-order valence-electron chi connectivity index (χ4n) is 0.521. The van der Waals surface area contributed by atoms with Crippen molar-refractivity contribution in [2.75, 3.05) is 0 Å². The Morgan fingerprint density at radius 1 is 1.44 bits per heavy atom. The zero-order valence-electron chi connectivity index (χ0n) is 5.77. The molecule has 0 radical (unpaired) electrons. The number of rotatable bonds is 3. The zero-order chi connectivity index (χ0) is 7.44. The third-order valence-electron chi connectivity index (χ3n) is 1.59. The van der Waals surface area contributed by atoms with Gasteiger partial charge in [0.05, 0.1) is 6.04 Å². The molecular formula is C6H13F2N. The first-order valence-electron chi connectivity index (χ1n) is 3.13. The minimum atomic E-state index is -2.38. The maximum atomic E-state index is 11.7. The third kappa shape index (κ3) is 2.75. The molecule has 1 nitrogen and oxygen atoms in total. The molecule has 0 aromatic carbocycles. The van der Waals surface area contributed by atoms with E-state index in [0.717, 1.165) is 0 Å². The second-order valence-electron chi connectivity index (χ2n) is 2.30. The average Bonchev–Trinajstić information content (AvgIpc) is 1.84. The monoisotopic (exact) mass is 137 g/mol. The quantitative estimate of drug-likeness (QED) is 0.628. The predicted octanol–water partition coefficient (Wildman–Crippen LogP) is 1.62. The van der Waals surface area contributed by atoms with E-state index in [0.29, 0.717) is 6.42 Å². The van der Waals surface area contributed by atoms with Gasteiger partial charge in [-0.2, -0.15) is 0 Å². The Morgan fingerprint density at radius 3 is 2.00 bits per heavy atom. The molecule has 0 aliphatic carbocycles. The molecule has 56 valence electrons. The van der Waals surface area contributed by atoms with Crippen LogP contribution < -0.4 is 5.73 Å². The summed E-state index contributed by atoms with van der Waals surface area (Å²) in [6.07, 6.45) is -1.66.